The van der Waals surface area contributed by atoms with Gasteiger partial charge in [-0.15, -0.1) is 0 Å². The van der Waals surface area contributed by atoms with Crippen molar-refractivity contribution in [1.82, 2.24) is 15.1 Å². The van der Waals surface area contributed by atoms with Gasteiger partial charge >= 0.3 is 0 Å². The van der Waals surface area contributed by atoms with Crippen LogP contribution < -0.4 is 10.1 Å². The lowest BCUT2D eigenvalue weighted by Gasteiger charge is -2.21. The van der Waals surface area contributed by atoms with E-state index in [4.69, 9.17) is 4.74 Å². The summed E-state index contributed by atoms with van der Waals surface area (Å²) in [6, 6.07) is 0. The van der Waals surface area contributed by atoms with Crippen molar-refractivity contribution < 1.29 is 9.84 Å². The van der Waals surface area contributed by atoms with Crippen LogP contribution in [0.5, 0.6) is 5.88 Å². The van der Waals surface area contributed by atoms with Crippen molar-refractivity contribution in [1.29, 1.82) is 0 Å². The highest BCUT2D eigenvalue weighted by atomic mass is 32.2. The summed E-state index contributed by atoms with van der Waals surface area (Å²) in [5.41, 5.74) is 1.60. The number of aryl methyl sites for hydroxylation is 2. The van der Waals surface area contributed by atoms with Crippen LogP contribution in [0.25, 0.3) is 0 Å². The summed E-state index contributed by atoms with van der Waals surface area (Å²) in [7, 11) is 3.56. The molecule has 0 bridgehead atoms. The fraction of sp³-hybridized carbons (Fsp3) is 0.769. The van der Waals surface area contributed by atoms with Crippen molar-refractivity contribution in [3.05, 3.63) is 11.3 Å². The van der Waals surface area contributed by atoms with E-state index in [-0.39, 0.29) is 0 Å². The third kappa shape index (κ3) is 3.24. The van der Waals surface area contributed by atoms with Crippen molar-refractivity contribution in [2.75, 3.05) is 25.2 Å². The second-order valence-corrected chi connectivity index (χ2v) is 6.15. The molecule has 1 aromatic rings. The van der Waals surface area contributed by atoms with Gasteiger partial charge in [0.1, 0.15) is 0 Å². The molecule has 0 saturated carbocycles. The molecule has 1 aromatic heterocycles. The van der Waals surface area contributed by atoms with Crippen LogP contribution in [0.2, 0.25) is 0 Å². The maximum absolute atomic E-state index is 10.3. The minimum atomic E-state index is -0.549. The topological polar surface area (TPSA) is 59.3 Å². The van der Waals surface area contributed by atoms with Crippen LogP contribution in [0.3, 0.4) is 0 Å². The van der Waals surface area contributed by atoms with E-state index in [1.54, 1.807) is 11.8 Å². The predicted octanol–water partition coefficient (Wildman–Crippen LogP) is 0.949. The molecule has 108 valence electrons. The van der Waals surface area contributed by atoms with Gasteiger partial charge in [0.15, 0.2) is 0 Å². The van der Waals surface area contributed by atoms with Crippen molar-refractivity contribution in [2.24, 2.45) is 7.05 Å². The maximum atomic E-state index is 10.3. The van der Waals surface area contributed by atoms with Gasteiger partial charge in [-0.25, -0.2) is 4.68 Å². The Hall–Kier alpha value is -0.720. The number of thioether (sulfide) groups is 1. The molecule has 2 N–H and O–H groups in total. The zero-order chi connectivity index (χ0) is 13.9. The SMILES string of the molecule is CCc1nn(C)c(OC)c1CNCC1(O)CCSC1. The van der Waals surface area contributed by atoms with E-state index >= 15 is 0 Å². The molecule has 1 fully saturated rings. The highest BCUT2D eigenvalue weighted by molar-refractivity contribution is 7.99. The molecule has 2 heterocycles. The first kappa shape index (κ1) is 14.7. The van der Waals surface area contributed by atoms with Gasteiger partial charge in [-0.1, -0.05) is 6.92 Å². The Balaban J connectivity index is 1.98. The monoisotopic (exact) mass is 285 g/mol. The van der Waals surface area contributed by atoms with E-state index < -0.39 is 5.60 Å². The quantitative estimate of drug-likeness (QED) is 0.815. The van der Waals surface area contributed by atoms with E-state index in [2.05, 4.69) is 17.3 Å². The molecule has 1 aliphatic heterocycles. The van der Waals surface area contributed by atoms with Gasteiger partial charge in [-0.3, -0.25) is 0 Å². The largest absolute Gasteiger partial charge is 0.481 e. The highest BCUT2D eigenvalue weighted by Crippen LogP contribution is 2.27. The van der Waals surface area contributed by atoms with Crippen molar-refractivity contribution >= 4 is 11.8 Å². The number of methoxy groups -OCH3 is 1. The van der Waals surface area contributed by atoms with Crippen LogP contribution in [0.4, 0.5) is 0 Å². The van der Waals surface area contributed by atoms with E-state index in [0.29, 0.717) is 13.1 Å². The molecule has 19 heavy (non-hydrogen) atoms. The van der Waals surface area contributed by atoms with E-state index in [9.17, 15) is 5.11 Å². The lowest BCUT2D eigenvalue weighted by Crippen LogP contribution is -2.40. The normalized spacial score (nSPS) is 22.9. The fourth-order valence-corrected chi connectivity index (χ4v) is 3.77. The van der Waals surface area contributed by atoms with Crippen LogP contribution in [-0.4, -0.2) is 45.6 Å². The Morgan fingerprint density at radius 1 is 1.58 bits per heavy atom. The molecule has 0 amide bonds. The molecular weight excluding hydrogens is 262 g/mol. The van der Waals surface area contributed by atoms with Crippen molar-refractivity contribution in [2.45, 2.75) is 31.9 Å². The standard InChI is InChI=1S/C13H23N3O2S/c1-4-11-10(12(18-3)16(2)15-11)7-14-8-13(17)5-6-19-9-13/h14,17H,4-9H2,1-3H3. The molecular formula is C13H23N3O2S. The minimum absolute atomic E-state index is 0.549. The Labute approximate surface area is 118 Å². The average molecular weight is 285 g/mol. The second kappa shape index (κ2) is 6.15. The zero-order valence-corrected chi connectivity index (χ0v) is 12.7. The molecule has 1 aliphatic rings. The molecule has 2 rings (SSSR count). The van der Waals surface area contributed by atoms with Crippen LogP contribution in [0.1, 0.15) is 24.6 Å². The average Bonchev–Trinajstić information content (AvgIpc) is 2.94. The third-order valence-electron chi connectivity index (χ3n) is 3.54. The minimum Gasteiger partial charge on any atom is -0.481 e. The van der Waals surface area contributed by atoms with Gasteiger partial charge in [-0.2, -0.15) is 16.9 Å². The first-order valence-corrected chi connectivity index (χ1v) is 7.84. The van der Waals surface area contributed by atoms with Gasteiger partial charge in [0.25, 0.3) is 0 Å². The fourth-order valence-electron chi connectivity index (χ4n) is 2.48. The van der Waals surface area contributed by atoms with Crippen LogP contribution >= 0.6 is 11.8 Å². The number of nitrogens with zero attached hydrogens (tertiary/aromatic N) is 2. The molecule has 5 nitrogen and oxygen atoms in total. The molecule has 0 radical (unpaired) electrons. The maximum Gasteiger partial charge on any atom is 0.216 e. The van der Waals surface area contributed by atoms with Crippen molar-refractivity contribution in [3.8, 4) is 5.88 Å². The van der Waals surface area contributed by atoms with Gasteiger partial charge in [0.05, 0.1) is 24.0 Å². The highest BCUT2D eigenvalue weighted by Gasteiger charge is 2.31. The number of hydrogen-bond donors (Lipinski definition) is 2. The Kier molecular flexibility index (Phi) is 4.76. The Morgan fingerprint density at radius 2 is 2.37 bits per heavy atom. The number of aliphatic hydroxyl groups is 1. The van der Waals surface area contributed by atoms with Gasteiger partial charge in [-0.05, 0) is 18.6 Å². The molecule has 1 unspecified atom stereocenters. The Morgan fingerprint density at radius 3 is 2.95 bits per heavy atom. The summed E-state index contributed by atoms with van der Waals surface area (Å²) >= 11 is 1.82. The number of rotatable bonds is 6. The molecule has 6 heteroatoms. The summed E-state index contributed by atoms with van der Waals surface area (Å²) in [6.07, 6.45) is 1.75. The molecule has 0 aromatic carbocycles. The van der Waals surface area contributed by atoms with E-state index in [0.717, 1.165) is 41.5 Å². The number of aromatic nitrogens is 2. The third-order valence-corrected chi connectivity index (χ3v) is 4.77. The molecule has 1 atom stereocenters. The molecule has 1 saturated heterocycles. The summed E-state index contributed by atoms with van der Waals surface area (Å²) < 4.78 is 7.17. The number of nitrogens with one attached hydrogen (secondary N) is 1. The molecule has 0 aliphatic carbocycles. The summed E-state index contributed by atoms with van der Waals surface area (Å²) in [5.74, 6) is 2.68. The van der Waals surface area contributed by atoms with Crippen LogP contribution in [0, 0.1) is 0 Å². The lowest BCUT2D eigenvalue weighted by atomic mass is 10.0. The summed E-state index contributed by atoms with van der Waals surface area (Å²) in [6.45, 7) is 3.40. The van der Waals surface area contributed by atoms with Crippen LogP contribution in [0.15, 0.2) is 0 Å². The van der Waals surface area contributed by atoms with E-state index in [1.165, 1.54) is 0 Å². The van der Waals surface area contributed by atoms with Crippen LogP contribution in [-0.2, 0) is 20.0 Å². The number of hydrogen-bond acceptors (Lipinski definition) is 5. The lowest BCUT2D eigenvalue weighted by molar-refractivity contribution is 0.0674. The first-order chi connectivity index (χ1) is 9.09. The summed E-state index contributed by atoms with van der Waals surface area (Å²) in [4.78, 5) is 0. The number of ether oxygens (including phenoxy) is 1. The predicted molar refractivity (Wildman–Crippen MR) is 77.7 cm³/mol. The molecule has 0 spiro atoms. The summed E-state index contributed by atoms with van der Waals surface area (Å²) in [5, 5.41) is 18.1. The van der Waals surface area contributed by atoms with Gasteiger partial charge < -0.3 is 15.2 Å². The second-order valence-electron chi connectivity index (χ2n) is 5.04. The van der Waals surface area contributed by atoms with E-state index in [1.807, 2.05) is 18.8 Å². The Bertz CT molecular complexity index is 428. The first-order valence-electron chi connectivity index (χ1n) is 6.69. The smallest absolute Gasteiger partial charge is 0.216 e. The van der Waals surface area contributed by atoms with Gasteiger partial charge in [0, 0.05) is 25.9 Å². The zero-order valence-electron chi connectivity index (χ0n) is 11.9. The van der Waals surface area contributed by atoms with Crippen molar-refractivity contribution in [3.63, 3.8) is 0 Å². The van der Waals surface area contributed by atoms with Gasteiger partial charge in [0.2, 0.25) is 5.88 Å².